The summed E-state index contributed by atoms with van der Waals surface area (Å²) in [7, 11) is 0. The van der Waals surface area contributed by atoms with Crippen LogP contribution in [0.25, 0.3) is 0 Å². The van der Waals surface area contributed by atoms with Gasteiger partial charge in [0.2, 0.25) is 5.91 Å². The lowest BCUT2D eigenvalue weighted by Crippen LogP contribution is -2.46. The lowest BCUT2D eigenvalue weighted by molar-refractivity contribution is -0.143. The number of carboxylic acid groups (broad SMARTS) is 1. The molecule has 0 radical (unpaired) electrons. The average Bonchev–Trinajstić information content (AvgIpc) is 2.44. The molecule has 1 amide bonds. The van der Waals surface area contributed by atoms with Gasteiger partial charge < -0.3 is 15.2 Å². The lowest BCUT2D eigenvalue weighted by atomic mass is 10.0. The summed E-state index contributed by atoms with van der Waals surface area (Å²) in [6.45, 7) is 5.71. The Balaban J connectivity index is 2.39. The van der Waals surface area contributed by atoms with Gasteiger partial charge >= 0.3 is 5.97 Å². The fourth-order valence-electron chi connectivity index (χ4n) is 1.81. The quantitative estimate of drug-likeness (QED) is 0.771. The molecule has 0 spiro atoms. The molecule has 5 heteroatoms. The van der Waals surface area contributed by atoms with Gasteiger partial charge in [0, 0.05) is 5.92 Å². The first-order valence-corrected chi connectivity index (χ1v) is 7.12. The third-order valence-electron chi connectivity index (χ3n) is 3.24. The molecule has 21 heavy (non-hydrogen) atoms. The summed E-state index contributed by atoms with van der Waals surface area (Å²) in [5, 5.41) is 11.6. The molecule has 1 rings (SSSR count). The highest BCUT2D eigenvalue weighted by atomic mass is 16.5. The average molecular weight is 293 g/mol. The van der Waals surface area contributed by atoms with Crippen molar-refractivity contribution in [2.45, 2.75) is 33.2 Å². The van der Waals surface area contributed by atoms with Gasteiger partial charge in [-0.15, -0.1) is 0 Å². The van der Waals surface area contributed by atoms with Gasteiger partial charge in [0.15, 0.2) is 0 Å². The van der Waals surface area contributed by atoms with Crippen molar-refractivity contribution in [3.05, 3.63) is 30.3 Å². The lowest BCUT2D eigenvalue weighted by Gasteiger charge is -2.20. The number of para-hydroxylation sites is 1. The Morgan fingerprint density at radius 1 is 1.19 bits per heavy atom. The number of carbonyl (C=O) groups excluding carboxylic acids is 1. The Labute approximate surface area is 125 Å². The largest absolute Gasteiger partial charge is 0.494 e. The van der Waals surface area contributed by atoms with Gasteiger partial charge in [-0.3, -0.25) is 4.79 Å². The highest BCUT2D eigenvalue weighted by Gasteiger charge is 2.25. The van der Waals surface area contributed by atoms with Crippen molar-refractivity contribution in [3.63, 3.8) is 0 Å². The molecule has 2 N–H and O–H groups in total. The highest BCUT2D eigenvalue weighted by molar-refractivity contribution is 5.84. The van der Waals surface area contributed by atoms with Crippen LogP contribution in [-0.4, -0.2) is 29.6 Å². The predicted octanol–water partition coefficient (Wildman–Crippen LogP) is 2.32. The van der Waals surface area contributed by atoms with E-state index in [-0.39, 0.29) is 17.7 Å². The van der Waals surface area contributed by atoms with Crippen molar-refractivity contribution >= 4 is 11.9 Å². The molecule has 0 aliphatic carbocycles. The molecule has 0 aromatic heterocycles. The Bertz CT molecular complexity index is 459. The van der Waals surface area contributed by atoms with Crippen LogP contribution in [0.5, 0.6) is 5.75 Å². The molecule has 0 heterocycles. The first kappa shape index (κ1) is 17.0. The van der Waals surface area contributed by atoms with Crippen LogP contribution in [0.3, 0.4) is 0 Å². The molecule has 1 aromatic rings. The number of ether oxygens (including phenoxy) is 1. The van der Waals surface area contributed by atoms with E-state index in [1.54, 1.807) is 20.8 Å². The summed E-state index contributed by atoms with van der Waals surface area (Å²) in [6, 6.07) is 8.52. The number of carbonyl (C=O) groups is 2. The van der Waals surface area contributed by atoms with Crippen LogP contribution in [0.1, 0.15) is 27.2 Å². The summed E-state index contributed by atoms with van der Waals surface area (Å²) in [6.07, 6.45) is 0.533. The molecule has 5 nitrogen and oxygen atoms in total. The molecular weight excluding hydrogens is 270 g/mol. The first-order chi connectivity index (χ1) is 9.91. The maximum absolute atomic E-state index is 12.0. The Kier molecular flexibility index (Phi) is 6.72. The van der Waals surface area contributed by atoms with Crippen LogP contribution in [0.15, 0.2) is 30.3 Å². The Morgan fingerprint density at radius 3 is 2.33 bits per heavy atom. The maximum atomic E-state index is 12.0. The van der Waals surface area contributed by atoms with Crippen molar-refractivity contribution in [1.29, 1.82) is 0 Å². The third kappa shape index (κ3) is 5.85. The van der Waals surface area contributed by atoms with Crippen molar-refractivity contribution in [2.75, 3.05) is 6.61 Å². The van der Waals surface area contributed by atoms with E-state index in [0.717, 1.165) is 5.75 Å². The van der Waals surface area contributed by atoms with Crippen molar-refractivity contribution in [1.82, 2.24) is 5.32 Å². The molecule has 0 aliphatic heterocycles. The number of carboxylic acids is 1. The van der Waals surface area contributed by atoms with Crippen LogP contribution >= 0.6 is 0 Å². The number of hydrogen-bond acceptors (Lipinski definition) is 3. The molecule has 0 saturated heterocycles. The summed E-state index contributed by atoms with van der Waals surface area (Å²) in [5.74, 6) is -0.955. The number of hydrogen-bond donors (Lipinski definition) is 2. The van der Waals surface area contributed by atoms with E-state index in [0.29, 0.717) is 13.0 Å². The fraction of sp³-hybridized carbons (Fsp3) is 0.500. The van der Waals surface area contributed by atoms with E-state index in [1.807, 2.05) is 30.3 Å². The molecule has 116 valence electrons. The molecule has 0 aliphatic rings. The molecule has 0 saturated carbocycles. The topological polar surface area (TPSA) is 75.6 Å². The van der Waals surface area contributed by atoms with Gasteiger partial charge in [0.1, 0.15) is 11.8 Å². The zero-order chi connectivity index (χ0) is 15.8. The number of benzene rings is 1. The molecule has 0 fully saturated rings. The number of rotatable bonds is 8. The number of nitrogens with one attached hydrogen (secondary N) is 1. The minimum absolute atomic E-state index is 0.154. The van der Waals surface area contributed by atoms with E-state index in [9.17, 15) is 9.59 Å². The summed E-state index contributed by atoms with van der Waals surface area (Å²) in [5.41, 5.74) is 0. The van der Waals surface area contributed by atoms with Gasteiger partial charge in [-0.2, -0.15) is 0 Å². The monoisotopic (exact) mass is 293 g/mol. The first-order valence-electron chi connectivity index (χ1n) is 7.12. The van der Waals surface area contributed by atoms with Crippen molar-refractivity contribution in [3.8, 4) is 5.75 Å². The van der Waals surface area contributed by atoms with Gasteiger partial charge in [0.25, 0.3) is 0 Å². The standard InChI is InChI=1S/C16H23NO4/c1-11(2)14(16(19)20)17-15(18)12(3)9-10-21-13-7-5-4-6-8-13/h4-8,11-12,14H,9-10H2,1-3H3,(H,17,18)(H,19,20)/t12?,14-/m0/s1. The predicted molar refractivity (Wildman–Crippen MR) is 80.1 cm³/mol. The molecule has 0 bridgehead atoms. The third-order valence-corrected chi connectivity index (χ3v) is 3.24. The van der Waals surface area contributed by atoms with E-state index in [2.05, 4.69) is 5.32 Å². The second-order valence-corrected chi connectivity index (χ2v) is 5.42. The van der Waals surface area contributed by atoms with E-state index < -0.39 is 12.0 Å². The van der Waals surface area contributed by atoms with Gasteiger partial charge in [-0.1, -0.05) is 39.0 Å². The summed E-state index contributed by atoms with van der Waals surface area (Å²) >= 11 is 0. The summed E-state index contributed by atoms with van der Waals surface area (Å²) in [4.78, 5) is 23.0. The van der Waals surface area contributed by atoms with Crippen molar-refractivity contribution in [2.24, 2.45) is 11.8 Å². The second kappa shape index (κ2) is 8.29. The van der Waals surface area contributed by atoms with E-state index in [1.165, 1.54) is 0 Å². The molecule has 2 atom stereocenters. The Morgan fingerprint density at radius 2 is 1.81 bits per heavy atom. The van der Waals surface area contributed by atoms with Gasteiger partial charge in [0.05, 0.1) is 6.61 Å². The minimum Gasteiger partial charge on any atom is -0.494 e. The Hall–Kier alpha value is -2.04. The highest BCUT2D eigenvalue weighted by Crippen LogP contribution is 2.11. The van der Waals surface area contributed by atoms with Crippen LogP contribution in [0.2, 0.25) is 0 Å². The normalized spacial score (nSPS) is 13.5. The van der Waals surface area contributed by atoms with E-state index in [4.69, 9.17) is 9.84 Å². The number of aliphatic carboxylic acids is 1. The zero-order valence-electron chi connectivity index (χ0n) is 12.7. The fourth-order valence-corrected chi connectivity index (χ4v) is 1.81. The molecule has 1 unspecified atom stereocenters. The van der Waals surface area contributed by atoms with Gasteiger partial charge in [-0.05, 0) is 24.5 Å². The van der Waals surface area contributed by atoms with Crippen LogP contribution in [0.4, 0.5) is 0 Å². The van der Waals surface area contributed by atoms with Crippen molar-refractivity contribution < 1.29 is 19.4 Å². The zero-order valence-corrected chi connectivity index (χ0v) is 12.7. The van der Waals surface area contributed by atoms with E-state index >= 15 is 0 Å². The number of amides is 1. The molecule has 1 aromatic carbocycles. The van der Waals surface area contributed by atoms with Crippen LogP contribution < -0.4 is 10.1 Å². The minimum atomic E-state index is -1.01. The van der Waals surface area contributed by atoms with Gasteiger partial charge in [-0.25, -0.2) is 4.79 Å². The summed E-state index contributed by atoms with van der Waals surface area (Å²) < 4.78 is 5.53. The second-order valence-electron chi connectivity index (χ2n) is 5.42. The maximum Gasteiger partial charge on any atom is 0.326 e. The van der Waals surface area contributed by atoms with Crippen LogP contribution in [-0.2, 0) is 9.59 Å². The SMILES string of the molecule is CC(CCOc1ccccc1)C(=O)N[C@H](C(=O)O)C(C)C. The molecular formula is C16H23NO4. The van der Waals surface area contributed by atoms with Crippen LogP contribution in [0, 0.1) is 11.8 Å². The smallest absolute Gasteiger partial charge is 0.326 e.